The van der Waals surface area contributed by atoms with Crippen LogP contribution >= 0.6 is 0 Å². The molecule has 0 amide bonds. The van der Waals surface area contributed by atoms with Crippen LogP contribution < -0.4 is 5.73 Å². The van der Waals surface area contributed by atoms with Gasteiger partial charge in [-0.05, 0) is 17.7 Å². The summed E-state index contributed by atoms with van der Waals surface area (Å²) >= 11 is 0. The number of benzene rings is 2. The molecular weight excluding hydrogens is 268 g/mol. The maximum absolute atomic E-state index is 10.2. The van der Waals surface area contributed by atoms with Crippen LogP contribution in [0.1, 0.15) is 17.2 Å². The van der Waals surface area contributed by atoms with E-state index in [9.17, 15) is 15.3 Å². The molecule has 110 valence electrons. The molecule has 0 aliphatic carbocycles. The Morgan fingerprint density at radius 1 is 0.952 bits per heavy atom. The van der Waals surface area contributed by atoms with Gasteiger partial charge in [0.25, 0.3) is 0 Å². The minimum Gasteiger partial charge on any atom is -0.504 e. The molecule has 1 saturated heterocycles. The van der Waals surface area contributed by atoms with Gasteiger partial charge in [-0.15, -0.1) is 0 Å². The SMILES string of the molecule is NC1CN(C(c2ccccc2)c2ccc(O)c(O)c2O)C1. The van der Waals surface area contributed by atoms with Crippen LogP contribution in [-0.2, 0) is 0 Å². The van der Waals surface area contributed by atoms with E-state index < -0.39 is 5.75 Å². The zero-order valence-electron chi connectivity index (χ0n) is 11.5. The molecule has 1 aliphatic rings. The van der Waals surface area contributed by atoms with Crippen molar-refractivity contribution in [1.82, 2.24) is 4.90 Å². The Labute approximate surface area is 122 Å². The van der Waals surface area contributed by atoms with Crippen LogP contribution in [0, 0.1) is 0 Å². The summed E-state index contributed by atoms with van der Waals surface area (Å²) < 4.78 is 0. The Morgan fingerprint density at radius 2 is 1.62 bits per heavy atom. The first-order valence-corrected chi connectivity index (χ1v) is 6.86. The summed E-state index contributed by atoms with van der Waals surface area (Å²) in [4.78, 5) is 2.13. The lowest BCUT2D eigenvalue weighted by molar-refractivity contribution is 0.112. The predicted molar refractivity (Wildman–Crippen MR) is 79.3 cm³/mol. The van der Waals surface area contributed by atoms with Crippen molar-refractivity contribution >= 4 is 0 Å². The highest BCUT2D eigenvalue weighted by Gasteiger charge is 2.34. The van der Waals surface area contributed by atoms with Crippen LogP contribution in [0.5, 0.6) is 17.2 Å². The van der Waals surface area contributed by atoms with Gasteiger partial charge in [-0.2, -0.15) is 0 Å². The third-order valence-corrected chi connectivity index (χ3v) is 3.87. The molecule has 0 bridgehead atoms. The van der Waals surface area contributed by atoms with Gasteiger partial charge in [0.05, 0.1) is 6.04 Å². The predicted octanol–water partition coefficient (Wildman–Crippen LogP) is 1.54. The fraction of sp³-hybridized carbons (Fsp3) is 0.250. The number of hydrogen-bond acceptors (Lipinski definition) is 5. The number of likely N-dealkylation sites (tertiary alicyclic amines) is 1. The molecule has 1 aliphatic heterocycles. The lowest BCUT2D eigenvalue weighted by Gasteiger charge is -2.43. The second-order valence-electron chi connectivity index (χ2n) is 5.40. The molecule has 0 radical (unpaired) electrons. The summed E-state index contributed by atoms with van der Waals surface area (Å²) in [5, 5.41) is 29.4. The minimum atomic E-state index is -0.488. The number of aromatic hydroxyl groups is 3. The first kappa shape index (κ1) is 13.7. The Kier molecular flexibility index (Phi) is 3.45. The summed E-state index contributed by atoms with van der Waals surface area (Å²) in [6, 6.07) is 12.7. The summed E-state index contributed by atoms with van der Waals surface area (Å²) in [5.74, 6) is -1.11. The van der Waals surface area contributed by atoms with Crippen LogP contribution in [0.2, 0.25) is 0 Å². The Bertz CT molecular complexity index is 639. The van der Waals surface area contributed by atoms with Crippen molar-refractivity contribution in [2.45, 2.75) is 12.1 Å². The summed E-state index contributed by atoms with van der Waals surface area (Å²) in [5.41, 5.74) is 7.42. The van der Waals surface area contributed by atoms with Crippen molar-refractivity contribution in [2.75, 3.05) is 13.1 Å². The normalized spacial score (nSPS) is 17.4. The van der Waals surface area contributed by atoms with Gasteiger partial charge < -0.3 is 21.1 Å². The Morgan fingerprint density at radius 3 is 2.24 bits per heavy atom. The van der Waals surface area contributed by atoms with Gasteiger partial charge in [-0.25, -0.2) is 0 Å². The molecule has 2 aromatic carbocycles. The van der Waals surface area contributed by atoms with Gasteiger partial charge in [0.1, 0.15) is 0 Å². The van der Waals surface area contributed by atoms with Gasteiger partial charge in [0, 0.05) is 24.7 Å². The number of phenolic OH excluding ortho intramolecular Hbond substituents is 3. The van der Waals surface area contributed by atoms with Crippen molar-refractivity contribution in [3.05, 3.63) is 53.6 Å². The van der Waals surface area contributed by atoms with Crippen LogP contribution in [0.15, 0.2) is 42.5 Å². The topological polar surface area (TPSA) is 90.0 Å². The van der Waals surface area contributed by atoms with E-state index in [-0.39, 0.29) is 23.6 Å². The Balaban J connectivity index is 2.06. The first-order valence-electron chi connectivity index (χ1n) is 6.86. The van der Waals surface area contributed by atoms with Crippen LogP contribution in [-0.4, -0.2) is 39.4 Å². The highest BCUT2D eigenvalue weighted by Crippen LogP contribution is 2.44. The van der Waals surface area contributed by atoms with E-state index in [1.165, 1.54) is 6.07 Å². The standard InChI is InChI=1S/C16H18N2O3/c17-11-8-18(9-11)14(10-4-2-1-3-5-10)12-6-7-13(19)16(21)15(12)20/h1-7,11,14,19-21H,8-9,17H2. The molecule has 2 aromatic rings. The summed E-state index contributed by atoms with van der Waals surface area (Å²) in [6.07, 6.45) is 0. The number of nitrogens with zero attached hydrogens (tertiary/aromatic N) is 1. The van der Waals surface area contributed by atoms with Crippen molar-refractivity contribution in [3.8, 4) is 17.2 Å². The third kappa shape index (κ3) is 2.41. The van der Waals surface area contributed by atoms with Crippen LogP contribution in [0.4, 0.5) is 0 Å². The number of hydrogen-bond donors (Lipinski definition) is 4. The maximum Gasteiger partial charge on any atom is 0.200 e. The van der Waals surface area contributed by atoms with Crippen LogP contribution in [0.3, 0.4) is 0 Å². The van der Waals surface area contributed by atoms with Crippen molar-refractivity contribution in [1.29, 1.82) is 0 Å². The van der Waals surface area contributed by atoms with Crippen LogP contribution in [0.25, 0.3) is 0 Å². The molecule has 1 fully saturated rings. The summed E-state index contributed by atoms with van der Waals surface area (Å²) in [6.45, 7) is 1.45. The van der Waals surface area contributed by atoms with E-state index in [0.717, 1.165) is 18.7 Å². The number of nitrogens with two attached hydrogens (primary N) is 1. The molecule has 5 nitrogen and oxygen atoms in total. The Hall–Kier alpha value is -2.24. The molecule has 5 N–H and O–H groups in total. The average molecular weight is 286 g/mol. The fourth-order valence-corrected chi connectivity index (χ4v) is 2.79. The molecule has 3 rings (SSSR count). The molecular formula is C16H18N2O3. The van der Waals surface area contributed by atoms with Gasteiger partial charge in [-0.3, -0.25) is 4.90 Å². The molecule has 1 unspecified atom stereocenters. The zero-order valence-corrected chi connectivity index (χ0v) is 11.5. The lowest BCUT2D eigenvalue weighted by Crippen LogP contribution is -2.56. The minimum absolute atomic E-state index is 0.129. The smallest absolute Gasteiger partial charge is 0.200 e. The average Bonchev–Trinajstić information content (AvgIpc) is 2.46. The van der Waals surface area contributed by atoms with Gasteiger partial charge in [0.15, 0.2) is 11.5 Å². The van der Waals surface area contributed by atoms with Gasteiger partial charge in [-0.1, -0.05) is 30.3 Å². The maximum atomic E-state index is 10.2. The van der Waals surface area contributed by atoms with E-state index in [2.05, 4.69) is 4.90 Å². The third-order valence-electron chi connectivity index (χ3n) is 3.87. The quantitative estimate of drug-likeness (QED) is 0.643. The second-order valence-corrected chi connectivity index (χ2v) is 5.40. The molecule has 0 spiro atoms. The first-order chi connectivity index (χ1) is 10.1. The van der Waals surface area contributed by atoms with E-state index in [0.29, 0.717) is 5.56 Å². The highest BCUT2D eigenvalue weighted by molar-refractivity contribution is 5.55. The van der Waals surface area contributed by atoms with E-state index in [1.54, 1.807) is 6.07 Å². The molecule has 0 saturated carbocycles. The largest absolute Gasteiger partial charge is 0.504 e. The molecule has 1 heterocycles. The van der Waals surface area contributed by atoms with E-state index >= 15 is 0 Å². The van der Waals surface area contributed by atoms with Gasteiger partial charge >= 0.3 is 0 Å². The van der Waals surface area contributed by atoms with Gasteiger partial charge in [0.2, 0.25) is 5.75 Å². The number of phenols is 3. The summed E-state index contributed by atoms with van der Waals surface area (Å²) in [7, 11) is 0. The van der Waals surface area contributed by atoms with E-state index in [4.69, 9.17) is 5.73 Å². The fourth-order valence-electron chi connectivity index (χ4n) is 2.79. The highest BCUT2D eigenvalue weighted by atomic mass is 16.3. The molecule has 5 heteroatoms. The number of rotatable bonds is 3. The van der Waals surface area contributed by atoms with Crippen molar-refractivity contribution in [3.63, 3.8) is 0 Å². The monoisotopic (exact) mass is 286 g/mol. The molecule has 1 atom stereocenters. The van der Waals surface area contributed by atoms with Crippen molar-refractivity contribution < 1.29 is 15.3 Å². The molecule has 0 aromatic heterocycles. The second kappa shape index (κ2) is 5.27. The zero-order chi connectivity index (χ0) is 15.0. The lowest BCUT2D eigenvalue weighted by atomic mass is 9.92. The molecule has 21 heavy (non-hydrogen) atoms. The van der Waals surface area contributed by atoms with Crippen molar-refractivity contribution in [2.24, 2.45) is 5.73 Å². The van der Waals surface area contributed by atoms with E-state index in [1.807, 2.05) is 30.3 Å².